The number of piperazine rings is 1. The van der Waals surface area contributed by atoms with Crippen LogP contribution < -0.4 is 4.90 Å². The highest BCUT2D eigenvalue weighted by molar-refractivity contribution is 6.30. The van der Waals surface area contributed by atoms with Gasteiger partial charge in [-0.25, -0.2) is 4.79 Å². The lowest BCUT2D eigenvalue weighted by atomic mass is 10.1. The Hall–Kier alpha value is -2.53. The van der Waals surface area contributed by atoms with E-state index >= 15 is 0 Å². The van der Waals surface area contributed by atoms with Gasteiger partial charge in [-0.2, -0.15) is 0 Å². The molecule has 0 atom stereocenters. The minimum Gasteiger partial charge on any atom is -0.465 e. The van der Waals surface area contributed by atoms with Crippen LogP contribution in [0.15, 0.2) is 48.5 Å². The molecule has 6 heteroatoms. The molecular weight excluding hydrogens is 340 g/mol. The van der Waals surface area contributed by atoms with Crippen molar-refractivity contribution < 1.29 is 14.3 Å². The molecule has 0 aliphatic carbocycles. The molecule has 0 aromatic heterocycles. The number of halogens is 1. The average Bonchev–Trinajstić information content (AvgIpc) is 2.67. The third kappa shape index (κ3) is 3.77. The Morgan fingerprint density at radius 2 is 1.60 bits per heavy atom. The molecule has 0 bridgehead atoms. The van der Waals surface area contributed by atoms with Crippen LogP contribution in [0, 0.1) is 0 Å². The maximum Gasteiger partial charge on any atom is 0.339 e. The van der Waals surface area contributed by atoms with Crippen LogP contribution in [0.4, 0.5) is 5.69 Å². The summed E-state index contributed by atoms with van der Waals surface area (Å²) in [7, 11) is 1.38. The van der Waals surface area contributed by atoms with Gasteiger partial charge in [-0.15, -0.1) is 0 Å². The van der Waals surface area contributed by atoms with Gasteiger partial charge in [0.25, 0.3) is 5.91 Å². The molecule has 1 aliphatic rings. The molecular formula is C19H19ClN2O3. The lowest BCUT2D eigenvalue weighted by Crippen LogP contribution is -2.49. The third-order valence-electron chi connectivity index (χ3n) is 4.31. The van der Waals surface area contributed by atoms with E-state index in [2.05, 4.69) is 4.90 Å². The molecule has 1 aliphatic heterocycles. The molecule has 1 fully saturated rings. The number of ether oxygens (including phenoxy) is 1. The second-order valence-electron chi connectivity index (χ2n) is 5.79. The van der Waals surface area contributed by atoms with E-state index in [0.717, 1.165) is 5.69 Å². The number of amides is 1. The first-order chi connectivity index (χ1) is 12.1. The highest BCUT2D eigenvalue weighted by Crippen LogP contribution is 2.23. The molecule has 0 N–H and O–H groups in total. The average molecular weight is 359 g/mol. The molecule has 2 aromatic rings. The molecule has 1 saturated heterocycles. The maximum atomic E-state index is 12.6. The zero-order valence-electron chi connectivity index (χ0n) is 13.9. The number of hydrogen-bond donors (Lipinski definition) is 0. The van der Waals surface area contributed by atoms with E-state index in [1.54, 1.807) is 30.3 Å². The summed E-state index contributed by atoms with van der Waals surface area (Å²) in [6.45, 7) is 2.51. The van der Waals surface area contributed by atoms with Gasteiger partial charge in [0.2, 0.25) is 0 Å². The number of esters is 1. The number of para-hydroxylation sites is 1. The van der Waals surface area contributed by atoms with Crippen molar-refractivity contribution in [3.05, 3.63) is 64.7 Å². The van der Waals surface area contributed by atoms with Crippen molar-refractivity contribution in [2.75, 3.05) is 38.2 Å². The number of methoxy groups -OCH3 is 1. The predicted molar refractivity (Wildman–Crippen MR) is 97.4 cm³/mol. The molecule has 130 valence electrons. The molecule has 1 amide bonds. The van der Waals surface area contributed by atoms with Crippen molar-refractivity contribution in [3.8, 4) is 0 Å². The molecule has 1 heterocycles. The van der Waals surface area contributed by atoms with Gasteiger partial charge in [-0.3, -0.25) is 4.79 Å². The molecule has 3 rings (SSSR count). The Morgan fingerprint density at radius 3 is 2.24 bits per heavy atom. The van der Waals surface area contributed by atoms with Crippen LogP contribution in [-0.4, -0.2) is 50.1 Å². The van der Waals surface area contributed by atoms with Crippen LogP contribution >= 0.6 is 11.6 Å². The SMILES string of the molecule is COC(=O)c1ccccc1N1CCN(C(=O)c2ccc(Cl)cc2)CC1. The lowest BCUT2D eigenvalue weighted by Gasteiger charge is -2.36. The lowest BCUT2D eigenvalue weighted by molar-refractivity contribution is 0.0600. The number of hydrogen-bond acceptors (Lipinski definition) is 4. The topological polar surface area (TPSA) is 49.9 Å². The van der Waals surface area contributed by atoms with Gasteiger partial charge in [0.05, 0.1) is 18.4 Å². The summed E-state index contributed by atoms with van der Waals surface area (Å²) in [5, 5.41) is 0.612. The summed E-state index contributed by atoms with van der Waals surface area (Å²) in [5.41, 5.74) is 2.02. The highest BCUT2D eigenvalue weighted by atomic mass is 35.5. The number of carbonyl (C=O) groups excluding carboxylic acids is 2. The van der Waals surface area contributed by atoms with Crippen LogP contribution in [0.2, 0.25) is 5.02 Å². The Bertz CT molecular complexity index is 768. The first kappa shape index (κ1) is 17.3. The number of anilines is 1. The number of rotatable bonds is 3. The van der Waals surface area contributed by atoms with Crippen molar-refractivity contribution in [1.82, 2.24) is 4.90 Å². The Balaban J connectivity index is 1.69. The minimum atomic E-state index is -0.352. The first-order valence-electron chi connectivity index (χ1n) is 8.07. The van der Waals surface area contributed by atoms with Crippen LogP contribution in [0.5, 0.6) is 0 Å². The molecule has 5 nitrogen and oxygen atoms in total. The second-order valence-corrected chi connectivity index (χ2v) is 6.23. The molecule has 0 radical (unpaired) electrons. The van der Waals surface area contributed by atoms with Gasteiger partial charge in [0.15, 0.2) is 0 Å². The number of carbonyl (C=O) groups is 2. The zero-order chi connectivity index (χ0) is 17.8. The zero-order valence-corrected chi connectivity index (χ0v) is 14.7. The van der Waals surface area contributed by atoms with Crippen molar-refractivity contribution in [2.24, 2.45) is 0 Å². The van der Waals surface area contributed by atoms with Crippen molar-refractivity contribution in [1.29, 1.82) is 0 Å². The quantitative estimate of drug-likeness (QED) is 0.791. The van der Waals surface area contributed by atoms with Crippen LogP contribution in [0.3, 0.4) is 0 Å². The monoisotopic (exact) mass is 358 g/mol. The molecule has 0 spiro atoms. The Labute approximate surface area is 151 Å². The molecule has 2 aromatic carbocycles. The second kappa shape index (κ2) is 7.57. The van der Waals surface area contributed by atoms with Gasteiger partial charge >= 0.3 is 5.97 Å². The summed E-state index contributed by atoms with van der Waals surface area (Å²) in [5.74, 6) is -0.354. The van der Waals surface area contributed by atoms with Gasteiger partial charge < -0.3 is 14.5 Å². The largest absolute Gasteiger partial charge is 0.465 e. The standard InChI is InChI=1S/C19H19ClN2O3/c1-25-19(24)16-4-2-3-5-17(16)21-10-12-22(13-11-21)18(23)14-6-8-15(20)9-7-14/h2-9H,10-13H2,1H3. The normalized spacial score (nSPS) is 14.3. The fourth-order valence-electron chi connectivity index (χ4n) is 2.96. The van der Waals surface area contributed by atoms with E-state index in [1.165, 1.54) is 7.11 Å². The predicted octanol–water partition coefficient (Wildman–Crippen LogP) is 3.09. The van der Waals surface area contributed by atoms with E-state index < -0.39 is 0 Å². The fraction of sp³-hybridized carbons (Fsp3) is 0.263. The summed E-state index contributed by atoms with van der Waals surface area (Å²) in [6, 6.07) is 14.3. The summed E-state index contributed by atoms with van der Waals surface area (Å²) in [4.78, 5) is 28.4. The van der Waals surface area contributed by atoms with Crippen LogP contribution in [-0.2, 0) is 4.74 Å². The van der Waals surface area contributed by atoms with Crippen molar-refractivity contribution in [2.45, 2.75) is 0 Å². The maximum absolute atomic E-state index is 12.6. The summed E-state index contributed by atoms with van der Waals surface area (Å²) >= 11 is 5.87. The molecule has 25 heavy (non-hydrogen) atoms. The van der Waals surface area contributed by atoms with Crippen LogP contribution in [0.1, 0.15) is 20.7 Å². The number of nitrogens with zero attached hydrogens (tertiary/aromatic N) is 2. The number of benzene rings is 2. The van der Waals surface area contributed by atoms with E-state index in [-0.39, 0.29) is 11.9 Å². The summed E-state index contributed by atoms with van der Waals surface area (Å²) in [6.07, 6.45) is 0. The first-order valence-corrected chi connectivity index (χ1v) is 8.45. The minimum absolute atomic E-state index is 0.00225. The molecule has 0 saturated carbocycles. The van der Waals surface area contributed by atoms with E-state index in [0.29, 0.717) is 42.3 Å². The van der Waals surface area contributed by atoms with Gasteiger partial charge in [0, 0.05) is 36.8 Å². The van der Waals surface area contributed by atoms with E-state index in [9.17, 15) is 9.59 Å². The van der Waals surface area contributed by atoms with E-state index in [4.69, 9.17) is 16.3 Å². The van der Waals surface area contributed by atoms with Crippen molar-refractivity contribution in [3.63, 3.8) is 0 Å². The van der Waals surface area contributed by atoms with Crippen molar-refractivity contribution >= 4 is 29.2 Å². The fourth-order valence-corrected chi connectivity index (χ4v) is 3.08. The van der Waals surface area contributed by atoms with Gasteiger partial charge in [-0.05, 0) is 36.4 Å². The Kier molecular flexibility index (Phi) is 5.24. The third-order valence-corrected chi connectivity index (χ3v) is 4.56. The van der Waals surface area contributed by atoms with Gasteiger partial charge in [-0.1, -0.05) is 23.7 Å². The highest BCUT2D eigenvalue weighted by Gasteiger charge is 2.24. The smallest absolute Gasteiger partial charge is 0.339 e. The van der Waals surface area contributed by atoms with Crippen LogP contribution in [0.25, 0.3) is 0 Å². The van der Waals surface area contributed by atoms with E-state index in [1.807, 2.05) is 23.1 Å². The summed E-state index contributed by atoms with van der Waals surface area (Å²) < 4.78 is 4.85. The molecule has 0 unspecified atom stereocenters. The van der Waals surface area contributed by atoms with Gasteiger partial charge in [0.1, 0.15) is 0 Å². The Morgan fingerprint density at radius 1 is 0.960 bits per heavy atom.